The van der Waals surface area contributed by atoms with Crippen molar-refractivity contribution in [3.8, 4) is 0 Å². The molecule has 2 amide bonds. The lowest BCUT2D eigenvalue weighted by molar-refractivity contribution is -0.116. The number of nitrogens with zero attached hydrogens (tertiary/aromatic N) is 1. The van der Waals surface area contributed by atoms with E-state index in [0.29, 0.717) is 24.1 Å². The Bertz CT molecular complexity index is 774. The zero-order valence-electron chi connectivity index (χ0n) is 11.9. The highest BCUT2D eigenvalue weighted by Gasteiger charge is 2.18. The molecule has 2 N–H and O–H groups in total. The first-order valence-corrected chi connectivity index (χ1v) is 6.88. The summed E-state index contributed by atoms with van der Waals surface area (Å²) in [5.74, 6) is -1.14. The molecule has 6 heteroatoms. The molecule has 0 spiro atoms. The van der Waals surface area contributed by atoms with Gasteiger partial charge in [0.05, 0.1) is 11.3 Å². The zero-order valence-corrected chi connectivity index (χ0v) is 11.9. The average Bonchev–Trinajstić information content (AvgIpc) is 2.48. The van der Waals surface area contributed by atoms with Crippen LogP contribution in [0.1, 0.15) is 27.9 Å². The van der Waals surface area contributed by atoms with Crippen molar-refractivity contribution in [3.05, 3.63) is 53.1 Å². The van der Waals surface area contributed by atoms with Crippen LogP contribution in [0.3, 0.4) is 0 Å². The van der Waals surface area contributed by atoms with Crippen LogP contribution >= 0.6 is 0 Å². The largest absolute Gasteiger partial charge is 0.326 e. The van der Waals surface area contributed by atoms with Gasteiger partial charge in [-0.2, -0.15) is 0 Å². The molecule has 0 radical (unpaired) electrons. The number of anilines is 2. The van der Waals surface area contributed by atoms with Gasteiger partial charge in [0.15, 0.2) is 0 Å². The monoisotopic (exact) mass is 299 g/mol. The van der Waals surface area contributed by atoms with E-state index in [-0.39, 0.29) is 11.6 Å². The normalized spacial score (nSPS) is 13.3. The van der Waals surface area contributed by atoms with Crippen LogP contribution in [-0.2, 0) is 11.2 Å². The second kappa shape index (κ2) is 5.55. The fourth-order valence-electron chi connectivity index (χ4n) is 2.37. The third kappa shape index (κ3) is 2.81. The summed E-state index contributed by atoms with van der Waals surface area (Å²) in [7, 11) is 0. The summed E-state index contributed by atoms with van der Waals surface area (Å²) in [6.45, 7) is 1.83. The SMILES string of the molecule is Cc1cncc(C(=O)Nc2cc3c(cc2F)NC(=O)CC3)c1. The maximum atomic E-state index is 14.1. The minimum Gasteiger partial charge on any atom is -0.326 e. The first-order valence-electron chi connectivity index (χ1n) is 6.88. The summed E-state index contributed by atoms with van der Waals surface area (Å²) in [6, 6.07) is 4.47. The number of carbonyl (C=O) groups is 2. The van der Waals surface area contributed by atoms with Crippen LogP contribution in [-0.4, -0.2) is 16.8 Å². The molecule has 0 unspecified atom stereocenters. The number of fused-ring (bicyclic) bond motifs is 1. The molecular weight excluding hydrogens is 285 g/mol. The summed E-state index contributed by atoms with van der Waals surface area (Å²) < 4.78 is 14.1. The third-order valence-electron chi connectivity index (χ3n) is 3.47. The van der Waals surface area contributed by atoms with Crippen molar-refractivity contribution in [1.29, 1.82) is 0 Å². The van der Waals surface area contributed by atoms with E-state index in [9.17, 15) is 14.0 Å². The van der Waals surface area contributed by atoms with E-state index in [4.69, 9.17) is 0 Å². The molecule has 2 aromatic rings. The lowest BCUT2D eigenvalue weighted by Crippen LogP contribution is -2.20. The number of aryl methyl sites for hydroxylation is 2. The van der Waals surface area contributed by atoms with E-state index < -0.39 is 11.7 Å². The lowest BCUT2D eigenvalue weighted by atomic mass is 10.0. The minimum atomic E-state index is -0.588. The smallest absolute Gasteiger partial charge is 0.257 e. The fraction of sp³-hybridized carbons (Fsp3) is 0.188. The molecule has 0 atom stereocenters. The number of hydrogen-bond donors (Lipinski definition) is 2. The van der Waals surface area contributed by atoms with Crippen molar-refractivity contribution in [2.45, 2.75) is 19.8 Å². The maximum Gasteiger partial charge on any atom is 0.257 e. The zero-order chi connectivity index (χ0) is 15.7. The van der Waals surface area contributed by atoms with Gasteiger partial charge >= 0.3 is 0 Å². The van der Waals surface area contributed by atoms with Gasteiger partial charge in [-0.1, -0.05) is 0 Å². The van der Waals surface area contributed by atoms with Crippen LogP contribution in [0.2, 0.25) is 0 Å². The van der Waals surface area contributed by atoms with E-state index in [2.05, 4.69) is 15.6 Å². The van der Waals surface area contributed by atoms with Crippen molar-refractivity contribution in [1.82, 2.24) is 4.98 Å². The van der Waals surface area contributed by atoms with Crippen LogP contribution < -0.4 is 10.6 Å². The highest BCUT2D eigenvalue weighted by Crippen LogP contribution is 2.28. The quantitative estimate of drug-likeness (QED) is 0.895. The van der Waals surface area contributed by atoms with E-state index in [1.807, 2.05) is 6.92 Å². The Morgan fingerprint density at radius 2 is 2.09 bits per heavy atom. The molecule has 1 aliphatic rings. The van der Waals surface area contributed by atoms with E-state index in [1.165, 1.54) is 12.3 Å². The highest BCUT2D eigenvalue weighted by atomic mass is 19.1. The standard InChI is InChI=1S/C16H14FN3O2/c1-9-4-11(8-18-7-9)16(22)20-14-5-10-2-3-15(21)19-13(10)6-12(14)17/h4-8H,2-3H2,1H3,(H,19,21)(H,20,22). The first kappa shape index (κ1) is 14.2. The number of aromatic nitrogens is 1. The van der Waals surface area contributed by atoms with Gasteiger partial charge in [-0.15, -0.1) is 0 Å². The van der Waals surface area contributed by atoms with Crippen LogP contribution in [0.5, 0.6) is 0 Å². The third-order valence-corrected chi connectivity index (χ3v) is 3.47. The van der Waals surface area contributed by atoms with Gasteiger partial charge in [-0.3, -0.25) is 14.6 Å². The summed E-state index contributed by atoms with van der Waals surface area (Å²) in [4.78, 5) is 27.4. The highest BCUT2D eigenvalue weighted by molar-refractivity contribution is 6.04. The van der Waals surface area contributed by atoms with Crippen molar-refractivity contribution < 1.29 is 14.0 Å². The number of halogens is 1. The molecule has 1 aliphatic heterocycles. The second-order valence-corrected chi connectivity index (χ2v) is 5.24. The average molecular weight is 299 g/mol. The molecule has 112 valence electrons. The summed E-state index contributed by atoms with van der Waals surface area (Å²) in [5.41, 5.74) is 2.58. The van der Waals surface area contributed by atoms with Crippen LogP contribution in [0.15, 0.2) is 30.6 Å². The van der Waals surface area contributed by atoms with Gasteiger partial charge in [0.1, 0.15) is 5.82 Å². The second-order valence-electron chi connectivity index (χ2n) is 5.24. The van der Waals surface area contributed by atoms with Crippen LogP contribution in [0.25, 0.3) is 0 Å². The van der Waals surface area contributed by atoms with Gasteiger partial charge in [0.25, 0.3) is 5.91 Å². The Morgan fingerprint density at radius 3 is 2.86 bits per heavy atom. The Hall–Kier alpha value is -2.76. The fourth-order valence-corrected chi connectivity index (χ4v) is 2.37. The lowest BCUT2D eigenvalue weighted by Gasteiger charge is -2.18. The summed E-state index contributed by atoms with van der Waals surface area (Å²) in [5, 5.41) is 5.17. The van der Waals surface area contributed by atoms with Crippen molar-refractivity contribution >= 4 is 23.2 Å². The molecule has 0 saturated carbocycles. The molecule has 3 rings (SSSR count). The van der Waals surface area contributed by atoms with Gasteiger partial charge in [-0.05, 0) is 42.7 Å². The molecule has 22 heavy (non-hydrogen) atoms. The molecule has 5 nitrogen and oxygen atoms in total. The van der Waals surface area contributed by atoms with Crippen LogP contribution in [0.4, 0.5) is 15.8 Å². The van der Waals surface area contributed by atoms with E-state index >= 15 is 0 Å². The molecule has 0 saturated heterocycles. The molecule has 1 aromatic heterocycles. The number of rotatable bonds is 2. The number of nitrogens with one attached hydrogen (secondary N) is 2. The van der Waals surface area contributed by atoms with Gasteiger partial charge in [0, 0.05) is 24.5 Å². The number of benzene rings is 1. The minimum absolute atomic E-state index is 0.0985. The van der Waals surface area contributed by atoms with Gasteiger partial charge in [-0.25, -0.2) is 4.39 Å². The van der Waals surface area contributed by atoms with Crippen LogP contribution in [0, 0.1) is 12.7 Å². The molecule has 2 heterocycles. The first-order chi connectivity index (χ1) is 10.5. The van der Waals surface area contributed by atoms with E-state index in [0.717, 1.165) is 11.1 Å². The molecule has 0 aliphatic carbocycles. The van der Waals surface area contributed by atoms with Crippen molar-refractivity contribution in [2.75, 3.05) is 10.6 Å². The molecule has 1 aromatic carbocycles. The van der Waals surface area contributed by atoms with Crippen molar-refractivity contribution in [3.63, 3.8) is 0 Å². The Morgan fingerprint density at radius 1 is 1.27 bits per heavy atom. The Balaban J connectivity index is 1.86. The van der Waals surface area contributed by atoms with Gasteiger partial charge in [0.2, 0.25) is 5.91 Å². The Kier molecular flexibility index (Phi) is 3.58. The van der Waals surface area contributed by atoms with E-state index in [1.54, 1.807) is 18.3 Å². The molecular formula is C16H14FN3O2. The molecule has 0 bridgehead atoms. The van der Waals surface area contributed by atoms with Gasteiger partial charge < -0.3 is 10.6 Å². The van der Waals surface area contributed by atoms with Crippen molar-refractivity contribution in [2.24, 2.45) is 0 Å². The number of carbonyl (C=O) groups excluding carboxylic acids is 2. The number of pyridine rings is 1. The Labute approximate surface area is 126 Å². The number of hydrogen-bond acceptors (Lipinski definition) is 3. The maximum absolute atomic E-state index is 14.1. The molecule has 0 fully saturated rings. The predicted molar refractivity (Wildman–Crippen MR) is 80.3 cm³/mol. The number of amides is 2. The summed E-state index contributed by atoms with van der Waals surface area (Å²) >= 11 is 0. The topological polar surface area (TPSA) is 71.1 Å². The predicted octanol–water partition coefficient (Wildman–Crippen LogP) is 2.67. The summed E-state index contributed by atoms with van der Waals surface area (Å²) in [6.07, 6.45) is 3.95.